The topological polar surface area (TPSA) is 33.1 Å². The average Bonchev–Trinajstić information content (AvgIpc) is 3.02. The molecule has 0 saturated carbocycles. The quantitative estimate of drug-likeness (QED) is 0.829. The van der Waals surface area contributed by atoms with Crippen molar-refractivity contribution in [3.8, 4) is 0 Å². The summed E-state index contributed by atoms with van der Waals surface area (Å²) in [4.78, 5) is 6.81. The molecular weight excluding hydrogens is 236 g/mol. The van der Waals surface area contributed by atoms with Crippen LogP contribution in [-0.4, -0.2) is 47.2 Å². The molecule has 3 rings (SSSR count). The maximum atomic E-state index is 4.42. The normalized spacial score (nSPS) is 20.4. The minimum absolute atomic E-state index is 0.685. The number of imidazole rings is 1. The molecule has 1 aromatic carbocycles. The molecule has 1 unspecified atom stereocenters. The lowest BCUT2D eigenvalue weighted by molar-refractivity contribution is 0.396. The molecule has 0 radical (unpaired) electrons. The number of nitrogens with one attached hydrogen (secondary N) is 1. The van der Waals surface area contributed by atoms with Crippen molar-refractivity contribution < 1.29 is 0 Å². The van der Waals surface area contributed by atoms with Crippen LogP contribution in [0.5, 0.6) is 0 Å². The first-order valence-corrected chi connectivity index (χ1v) is 7.15. The standard InChI is InChI=1S/C15H22N4/c1-18-10-7-13(11-18)16-8-4-9-19-12-17-14-5-2-3-6-15(14)19/h2-3,5-6,12-13,16H,4,7-11H2,1H3. The van der Waals surface area contributed by atoms with Gasteiger partial charge in [-0.05, 0) is 45.1 Å². The van der Waals surface area contributed by atoms with Gasteiger partial charge in [0.05, 0.1) is 17.4 Å². The summed E-state index contributed by atoms with van der Waals surface area (Å²) in [5.41, 5.74) is 2.33. The Morgan fingerprint density at radius 3 is 3.11 bits per heavy atom. The van der Waals surface area contributed by atoms with Crippen LogP contribution >= 0.6 is 0 Å². The average molecular weight is 258 g/mol. The summed E-state index contributed by atoms with van der Waals surface area (Å²) >= 11 is 0. The van der Waals surface area contributed by atoms with Crippen molar-refractivity contribution in [3.63, 3.8) is 0 Å². The molecule has 0 aliphatic carbocycles. The molecule has 1 N–H and O–H groups in total. The van der Waals surface area contributed by atoms with Crippen LogP contribution in [0.1, 0.15) is 12.8 Å². The van der Waals surface area contributed by atoms with Gasteiger partial charge in [-0.2, -0.15) is 0 Å². The Morgan fingerprint density at radius 1 is 1.37 bits per heavy atom. The second-order valence-electron chi connectivity index (χ2n) is 5.48. The van der Waals surface area contributed by atoms with Crippen LogP contribution in [0, 0.1) is 0 Å². The third-order valence-corrected chi connectivity index (χ3v) is 3.93. The lowest BCUT2D eigenvalue weighted by atomic mass is 10.2. The number of benzene rings is 1. The highest BCUT2D eigenvalue weighted by molar-refractivity contribution is 5.74. The van der Waals surface area contributed by atoms with Gasteiger partial charge in [0, 0.05) is 19.1 Å². The molecule has 1 saturated heterocycles. The Morgan fingerprint density at radius 2 is 2.26 bits per heavy atom. The first kappa shape index (κ1) is 12.6. The fourth-order valence-electron chi connectivity index (χ4n) is 2.85. The smallest absolute Gasteiger partial charge is 0.0958 e. The highest BCUT2D eigenvalue weighted by atomic mass is 15.2. The van der Waals surface area contributed by atoms with E-state index in [1.807, 2.05) is 12.4 Å². The van der Waals surface area contributed by atoms with E-state index in [4.69, 9.17) is 0 Å². The number of likely N-dealkylation sites (tertiary alicyclic amines) is 1. The molecule has 2 aromatic rings. The zero-order valence-electron chi connectivity index (χ0n) is 11.5. The molecule has 0 bridgehead atoms. The van der Waals surface area contributed by atoms with E-state index in [9.17, 15) is 0 Å². The molecule has 1 aliphatic heterocycles. The van der Waals surface area contributed by atoms with Crippen molar-refractivity contribution in [2.45, 2.75) is 25.4 Å². The van der Waals surface area contributed by atoms with E-state index < -0.39 is 0 Å². The Hall–Kier alpha value is -1.39. The monoisotopic (exact) mass is 258 g/mol. The van der Waals surface area contributed by atoms with Crippen molar-refractivity contribution in [1.29, 1.82) is 0 Å². The largest absolute Gasteiger partial charge is 0.331 e. The Labute approximate surface area is 114 Å². The molecule has 19 heavy (non-hydrogen) atoms. The molecule has 1 atom stereocenters. The van der Waals surface area contributed by atoms with E-state index in [1.54, 1.807) is 0 Å². The van der Waals surface area contributed by atoms with E-state index in [-0.39, 0.29) is 0 Å². The molecule has 1 aliphatic rings. The van der Waals surface area contributed by atoms with Gasteiger partial charge in [-0.15, -0.1) is 0 Å². The number of hydrogen-bond donors (Lipinski definition) is 1. The summed E-state index contributed by atoms with van der Waals surface area (Å²) < 4.78 is 2.25. The minimum atomic E-state index is 0.685. The number of para-hydroxylation sites is 2. The molecule has 2 heterocycles. The molecule has 1 aromatic heterocycles. The SMILES string of the molecule is CN1CCC(NCCCn2cnc3ccccc32)C1. The van der Waals surface area contributed by atoms with Crippen LogP contribution in [0.15, 0.2) is 30.6 Å². The van der Waals surface area contributed by atoms with Crippen LogP contribution in [0.2, 0.25) is 0 Å². The molecule has 102 valence electrons. The molecule has 0 amide bonds. The third kappa shape index (κ3) is 2.96. The van der Waals surface area contributed by atoms with Gasteiger partial charge < -0.3 is 14.8 Å². The highest BCUT2D eigenvalue weighted by Crippen LogP contribution is 2.12. The highest BCUT2D eigenvalue weighted by Gasteiger charge is 2.17. The maximum Gasteiger partial charge on any atom is 0.0958 e. The summed E-state index contributed by atoms with van der Waals surface area (Å²) in [5.74, 6) is 0. The van der Waals surface area contributed by atoms with Gasteiger partial charge in [0.2, 0.25) is 0 Å². The van der Waals surface area contributed by atoms with Crippen LogP contribution in [0.3, 0.4) is 0 Å². The Bertz CT molecular complexity index is 534. The van der Waals surface area contributed by atoms with Crippen LogP contribution in [0.4, 0.5) is 0 Å². The van der Waals surface area contributed by atoms with E-state index in [2.05, 4.69) is 45.0 Å². The number of rotatable bonds is 5. The van der Waals surface area contributed by atoms with Crippen molar-refractivity contribution in [3.05, 3.63) is 30.6 Å². The Kier molecular flexibility index (Phi) is 3.80. The number of hydrogen-bond acceptors (Lipinski definition) is 3. The molecule has 4 nitrogen and oxygen atoms in total. The van der Waals surface area contributed by atoms with Crippen molar-refractivity contribution in [2.24, 2.45) is 0 Å². The van der Waals surface area contributed by atoms with E-state index >= 15 is 0 Å². The van der Waals surface area contributed by atoms with Gasteiger partial charge in [0.15, 0.2) is 0 Å². The lowest BCUT2D eigenvalue weighted by Gasteiger charge is -2.12. The molecule has 4 heteroatoms. The number of nitrogens with zero attached hydrogens (tertiary/aromatic N) is 3. The van der Waals surface area contributed by atoms with Gasteiger partial charge in [0.25, 0.3) is 0 Å². The van der Waals surface area contributed by atoms with Gasteiger partial charge in [0.1, 0.15) is 0 Å². The fraction of sp³-hybridized carbons (Fsp3) is 0.533. The second-order valence-corrected chi connectivity index (χ2v) is 5.48. The third-order valence-electron chi connectivity index (χ3n) is 3.93. The van der Waals surface area contributed by atoms with Crippen molar-refractivity contribution in [1.82, 2.24) is 19.8 Å². The van der Waals surface area contributed by atoms with E-state index in [0.717, 1.165) is 25.0 Å². The van der Waals surface area contributed by atoms with Crippen LogP contribution < -0.4 is 5.32 Å². The first-order chi connectivity index (χ1) is 9.33. The summed E-state index contributed by atoms with van der Waals surface area (Å²) in [6, 6.07) is 9.01. The van der Waals surface area contributed by atoms with Gasteiger partial charge in [-0.1, -0.05) is 12.1 Å². The number of likely N-dealkylation sites (N-methyl/N-ethyl adjacent to an activating group) is 1. The summed E-state index contributed by atoms with van der Waals surface area (Å²) in [6.07, 6.45) is 4.39. The van der Waals surface area contributed by atoms with E-state index in [1.165, 1.54) is 25.0 Å². The van der Waals surface area contributed by atoms with Crippen molar-refractivity contribution >= 4 is 11.0 Å². The summed E-state index contributed by atoms with van der Waals surface area (Å²) in [6.45, 7) is 4.54. The van der Waals surface area contributed by atoms with Gasteiger partial charge >= 0.3 is 0 Å². The first-order valence-electron chi connectivity index (χ1n) is 7.15. The summed E-state index contributed by atoms with van der Waals surface area (Å²) in [5, 5.41) is 3.65. The van der Waals surface area contributed by atoms with E-state index in [0.29, 0.717) is 6.04 Å². The van der Waals surface area contributed by atoms with Crippen molar-refractivity contribution in [2.75, 3.05) is 26.7 Å². The minimum Gasteiger partial charge on any atom is -0.331 e. The number of aryl methyl sites for hydroxylation is 1. The molecule has 0 spiro atoms. The fourth-order valence-corrected chi connectivity index (χ4v) is 2.85. The predicted octanol–water partition coefficient (Wildman–Crippen LogP) is 1.72. The maximum absolute atomic E-state index is 4.42. The lowest BCUT2D eigenvalue weighted by Crippen LogP contribution is -2.32. The zero-order chi connectivity index (χ0) is 13.1. The number of aromatic nitrogens is 2. The zero-order valence-corrected chi connectivity index (χ0v) is 11.5. The summed E-state index contributed by atoms with van der Waals surface area (Å²) in [7, 11) is 2.19. The van der Waals surface area contributed by atoms with Crippen LogP contribution in [-0.2, 0) is 6.54 Å². The second kappa shape index (κ2) is 5.72. The number of fused-ring (bicyclic) bond motifs is 1. The predicted molar refractivity (Wildman–Crippen MR) is 78.3 cm³/mol. The Balaban J connectivity index is 1.47. The van der Waals surface area contributed by atoms with Gasteiger partial charge in [-0.3, -0.25) is 0 Å². The van der Waals surface area contributed by atoms with Gasteiger partial charge in [-0.25, -0.2) is 4.98 Å². The molecule has 1 fully saturated rings. The van der Waals surface area contributed by atoms with Crippen LogP contribution in [0.25, 0.3) is 11.0 Å². The molecular formula is C15H22N4.